The number of phenolic OH excluding ortho intramolecular Hbond substituents is 1. The van der Waals surface area contributed by atoms with Gasteiger partial charge in [0, 0.05) is 23.6 Å². The molecular formula is C14H19NO3S. The molecule has 1 heterocycles. The van der Waals surface area contributed by atoms with Crippen LogP contribution in [-0.2, 0) is 0 Å². The lowest BCUT2D eigenvalue weighted by Crippen LogP contribution is -2.44. The smallest absolute Gasteiger partial charge is 0.257 e. The number of hydrogen-bond donors (Lipinski definition) is 1. The second-order valence-corrected chi connectivity index (χ2v) is 6.73. The molecule has 4 nitrogen and oxygen atoms in total. The number of carbonyl (C=O) groups excluding carboxylic acids is 1. The maximum atomic E-state index is 12.5. The van der Waals surface area contributed by atoms with Gasteiger partial charge in [0.15, 0.2) is 0 Å². The highest BCUT2D eigenvalue weighted by atomic mass is 32.2. The molecule has 1 amide bonds. The van der Waals surface area contributed by atoms with E-state index in [0.29, 0.717) is 34.9 Å². The first kappa shape index (κ1) is 14.1. The largest absolute Gasteiger partial charge is 0.507 e. The molecule has 2 atom stereocenters. The molecule has 1 aromatic rings. The Labute approximate surface area is 117 Å². The minimum absolute atomic E-state index is 0.00401. The van der Waals surface area contributed by atoms with Crippen molar-refractivity contribution < 1.29 is 14.6 Å². The number of thioether (sulfide) groups is 1. The third-order valence-corrected chi connectivity index (χ3v) is 4.37. The first-order valence-corrected chi connectivity index (χ1v) is 7.27. The molecule has 0 radical (unpaired) electrons. The lowest BCUT2D eigenvalue weighted by Gasteiger charge is -2.34. The maximum absolute atomic E-state index is 12.5. The number of nitrogens with zero attached hydrogens (tertiary/aromatic N) is 1. The summed E-state index contributed by atoms with van der Waals surface area (Å²) in [6.45, 7) is 5.66. The summed E-state index contributed by atoms with van der Waals surface area (Å²) in [6, 6.07) is 4.73. The van der Waals surface area contributed by atoms with Crippen LogP contribution in [0.25, 0.3) is 0 Å². The van der Waals surface area contributed by atoms with Crippen LogP contribution in [0.4, 0.5) is 0 Å². The van der Waals surface area contributed by atoms with Gasteiger partial charge in [0.1, 0.15) is 11.5 Å². The van der Waals surface area contributed by atoms with Crippen molar-refractivity contribution in [1.29, 1.82) is 0 Å². The number of amides is 1. The third-order valence-electron chi connectivity index (χ3n) is 3.14. The van der Waals surface area contributed by atoms with E-state index in [1.54, 1.807) is 24.1 Å². The van der Waals surface area contributed by atoms with Crippen molar-refractivity contribution in [3.8, 4) is 11.5 Å². The van der Waals surface area contributed by atoms with Crippen LogP contribution in [0.15, 0.2) is 18.2 Å². The molecule has 5 heteroatoms. The van der Waals surface area contributed by atoms with E-state index in [4.69, 9.17) is 4.74 Å². The van der Waals surface area contributed by atoms with Crippen molar-refractivity contribution >= 4 is 17.7 Å². The zero-order valence-electron chi connectivity index (χ0n) is 11.4. The Morgan fingerprint density at radius 2 is 2.00 bits per heavy atom. The van der Waals surface area contributed by atoms with Gasteiger partial charge in [-0.2, -0.15) is 11.8 Å². The summed E-state index contributed by atoms with van der Waals surface area (Å²) in [7, 11) is 1.54. The molecule has 1 aliphatic rings. The van der Waals surface area contributed by atoms with Gasteiger partial charge in [-0.05, 0) is 18.2 Å². The van der Waals surface area contributed by atoms with Crippen molar-refractivity contribution in [2.24, 2.45) is 0 Å². The molecule has 1 fully saturated rings. The van der Waals surface area contributed by atoms with E-state index in [2.05, 4.69) is 13.8 Å². The zero-order valence-corrected chi connectivity index (χ0v) is 12.2. The molecule has 1 aliphatic heterocycles. The van der Waals surface area contributed by atoms with Crippen LogP contribution in [0.5, 0.6) is 11.5 Å². The SMILES string of the molecule is COc1ccc(O)c(C(=O)N2CC(C)SC(C)C2)c1. The highest BCUT2D eigenvalue weighted by Crippen LogP contribution is 2.29. The van der Waals surface area contributed by atoms with Crippen molar-refractivity contribution in [3.05, 3.63) is 23.8 Å². The average Bonchev–Trinajstić information content (AvgIpc) is 2.37. The number of aromatic hydroxyl groups is 1. The fourth-order valence-electron chi connectivity index (χ4n) is 2.33. The van der Waals surface area contributed by atoms with Crippen molar-refractivity contribution in [2.75, 3.05) is 20.2 Å². The molecule has 2 unspecified atom stereocenters. The van der Waals surface area contributed by atoms with Gasteiger partial charge in [-0.1, -0.05) is 13.8 Å². The summed E-state index contributed by atoms with van der Waals surface area (Å²) in [4.78, 5) is 14.3. The minimum atomic E-state index is -0.129. The van der Waals surface area contributed by atoms with E-state index in [1.165, 1.54) is 6.07 Å². The van der Waals surface area contributed by atoms with E-state index in [9.17, 15) is 9.90 Å². The Morgan fingerprint density at radius 1 is 1.37 bits per heavy atom. The Bertz CT molecular complexity index is 468. The highest BCUT2D eigenvalue weighted by Gasteiger charge is 2.28. The summed E-state index contributed by atoms with van der Waals surface area (Å²) >= 11 is 1.89. The fourth-order valence-corrected chi connectivity index (χ4v) is 3.65. The second kappa shape index (κ2) is 5.74. The summed E-state index contributed by atoms with van der Waals surface area (Å²) in [5, 5.41) is 10.7. The lowest BCUT2D eigenvalue weighted by molar-refractivity contribution is 0.0750. The highest BCUT2D eigenvalue weighted by molar-refractivity contribution is 8.00. The molecule has 0 spiro atoms. The molecule has 1 N–H and O–H groups in total. The van der Waals surface area contributed by atoms with Crippen LogP contribution in [0.2, 0.25) is 0 Å². The predicted molar refractivity (Wildman–Crippen MR) is 77.1 cm³/mol. The van der Waals surface area contributed by atoms with Crippen LogP contribution in [-0.4, -0.2) is 46.6 Å². The van der Waals surface area contributed by atoms with Crippen LogP contribution >= 0.6 is 11.8 Å². The van der Waals surface area contributed by atoms with Crippen molar-refractivity contribution in [2.45, 2.75) is 24.3 Å². The Hall–Kier alpha value is -1.36. The van der Waals surface area contributed by atoms with E-state index < -0.39 is 0 Å². The monoisotopic (exact) mass is 281 g/mol. The number of methoxy groups -OCH3 is 1. The number of hydrogen-bond acceptors (Lipinski definition) is 4. The fraction of sp³-hybridized carbons (Fsp3) is 0.500. The molecular weight excluding hydrogens is 262 g/mol. The molecule has 0 saturated carbocycles. The number of rotatable bonds is 2. The molecule has 19 heavy (non-hydrogen) atoms. The molecule has 2 rings (SSSR count). The molecule has 0 bridgehead atoms. The Morgan fingerprint density at radius 3 is 2.58 bits per heavy atom. The van der Waals surface area contributed by atoms with E-state index in [-0.39, 0.29) is 11.7 Å². The summed E-state index contributed by atoms with van der Waals surface area (Å²) in [5.74, 6) is 0.452. The Balaban J connectivity index is 2.23. The van der Waals surface area contributed by atoms with Gasteiger partial charge in [0.05, 0.1) is 12.7 Å². The minimum Gasteiger partial charge on any atom is -0.507 e. The second-order valence-electron chi connectivity index (χ2n) is 4.85. The summed E-state index contributed by atoms with van der Waals surface area (Å²) < 4.78 is 5.10. The molecule has 1 aromatic carbocycles. The zero-order chi connectivity index (χ0) is 14.0. The first-order chi connectivity index (χ1) is 9.01. The van der Waals surface area contributed by atoms with E-state index in [0.717, 1.165) is 0 Å². The third kappa shape index (κ3) is 3.15. The van der Waals surface area contributed by atoms with Crippen LogP contribution in [0.3, 0.4) is 0 Å². The number of ether oxygens (including phenoxy) is 1. The number of carbonyl (C=O) groups is 1. The number of phenols is 1. The summed E-state index contributed by atoms with van der Waals surface area (Å²) in [6.07, 6.45) is 0. The van der Waals surface area contributed by atoms with Gasteiger partial charge in [0.25, 0.3) is 5.91 Å². The Kier molecular flexibility index (Phi) is 4.24. The average molecular weight is 281 g/mol. The number of benzene rings is 1. The molecule has 0 aromatic heterocycles. The van der Waals surface area contributed by atoms with Gasteiger partial charge in [-0.25, -0.2) is 0 Å². The van der Waals surface area contributed by atoms with Gasteiger partial charge in [0.2, 0.25) is 0 Å². The predicted octanol–water partition coefficient (Wildman–Crippen LogP) is 2.37. The van der Waals surface area contributed by atoms with Crippen LogP contribution in [0.1, 0.15) is 24.2 Å². The van der Waals surface area contributed by atoms with Crippen molar-refractivity contribution in [1.82, 2.24) is 4.90 Å². The van der Waals surface area contributed by atoms with Crippen LogP contribution in [0, 0.1) is 0 Å². The normalized spacial score (nSPS) is 23.2. The molecule has 1 saturated heterocycles. The van der Waals surface area contributed by atoms with Crippen LogP contribution < -0.4 is 4.74 Å². The maximum Gasteiger partial charge on any atom is 0.257 e. The van der Waals surface area contributed by atoms with Gasteiger partial charge < -0.3 is 14.7 Å². The first-order valence-electron chi connectivity index (χ1n) is 6.33. The summed E-state index contributed by atoms with van der Waals surface area (Å²) in [5.41, 5.74) is 0.311. The lowest BCUT2D eigenvalue weighted by atomic mass is 10.1. The van der Waals surface area contributed by atoms with Gasteiger partial charge in [-0.3, -0.25) is 4.79 Å². The molecule has 0 aliphatic carbocycles. The van der Waals surface area contributed by atoms with Gasteiger partial charge in [-0.15, -0.1) is 0 Å². The van der Waals surface area contributed by atoms with Gasteiger partial charge >= 0.3 is 0 Å². The molecule has 104 valence electrons. The van der Waals surface area contributed by atoms with Crippen molar-refractivity contribution in [3.63, 3.8) is 0 Å². The van der Waals surface area contributed by atoms with E-state index in [1.807, 2.05) is 11.8 Å². The topological polar surface area (TPSA) is 49.8 Å². The van der Waals surface area contributed by atoms with E-state index >= 15 is 0 Å². The standard InChI is InChI=1S/C14H19NO3S/c1-9-7-15(8-10(2)19-9)14(17)12-6-11(18-3)4-5-13(12)16/h4-6,9-10,16H,7-8H2,1-3H3. The quantitative estimate of drug-likeness (QED) is 0.904.